The van der Waals surface area contributed by atoms with E-state index in [1.54, 1.807) is 91.0 Å². The molecule has 1 N–H and O–H groups in total. The smallest absolute Gasteiger partial charge is 0.445 e. The minimum Gasteiger partial charge on any atom is -0.445 e. The van der Waals surface area contributed by atoms with E-state index in [-0.39, 0.29) is 12.3 Å². The SMILES string of the molecule is O=C(NC(c1ccccc1)P(=O)(Oc1ccccc1)Oc1ccccc1)OCc1ccc([N+](=O)[O-])cc1. The van der Waals surface area contributed by atoms with Gasteiger partial charge in [-0.15, -0.1) is 0 Å². The maximum Gasteiger partial charge on any atom is 0.457 e. The Morgan fingerprint density at radius 1 is 0.784 bits per heavy atom. The van der Waals surface area contributed by atoms with Crippen molar-refractivity contribution in [3.63, 3.8) is 0 Å². The number of non-ortho nitro benzene ring substituents is 1. The second kappa shape index (κ2) is 11.9. The van der Waals surface area contributed by atoms with E-state index in [9.17, 15) is 19.5 Å². The number of carbonyl (C=O) groups is 1. The lowest BCUT2D eigenvalue weighted by Gasteiger charge is -2.28. The fourth-order valence-corrected chi connectivity index (χ4v) is 5.26. The van der Waals surface area contributed by atoms with Gasteiger partial charge in [0.1, 0.15) is 18.1 Å². The Hall–Kier alpha value is -4.62. The van der Waals surface area contributed by atoms with Crippen molar-refractivity contribution in [2.75, 3.05) is 0 Å². The zero-order chi connectivity index (χ0) is 26.1. The van der Waals surface area contributed by atoms with Gasteiger partial charge in [0.15, 0.2) is 5.78 Å². The van der Waals surface area contributed by atoms with Crippen LogP contribution < -0.4 is 14.4 Å². The van der Waals surface area contributed by atoms with E-state index in [0.717, 1.165) is 0 Å². The number of rotatable bonds is 10. The summed E-state index contributed by atoms with van der Waals surface area (Å²) in [6, 6.07) is 31.3. The molecule has 4 rings (SSSR count). The number of carbonyl (C=O) groups excluding carboxylic acids is 1. The van der Waals surface area contributed by atoms with Gasteiger partial charge >= 0.3 is 13.7 Å². The quantitative estimate of drug-likeness (QED) is 0.138. The van der Waals surface area contributed by atoms with E-state index in [0.29, 0.717) is 22.6 Å². The summed E-state index contributed by atoms with van der Waals surface area (Å²) in [5.41, 5.74) is 0.945. The van der Waals surface area contributed by atoms with Crippen LogP contribution in [0.25, 0.3) is 0 Å². The Kier molecular flexibility index (Phi) is 8.18. The van der Waals surface area contributed by atoms with Gasteiger partial charge in [0.2, 0.25) is 0 Å². The third-order valence-electron chi connectivity index (χ3n) is 5.15. The van der Waals surface area contributed by atoms with Gasteiger partial charge in [0.05, 0.1) is 4.92 Å². The normalized spacial score (nSPS) is 11.7. The first-order chi connectivity index (χ1) is 17.9. The van der Waals surface area contributed by atoms with Crippen molar-refractivity contribution >= 4 is 19.4 Å². The van der Waals surface area contributed by atoms with Crippen molar-refractivity contribution in [3.05, 3.63) is 137 Å². The molecule has 188 valence electrons. The van der Waals surface area contributed by atoms with E-state index in [1.165, 1.54) is 24.3 Å². The number of para-hydroxylation sites is 2. The zero-order valence-corrected chi connectivity index (χ0v) is 20.4. The highest BCUT2D eigenvalue weighted by Gasteiger charge is 2.42. The molecule has 0 radical (unpaired) electrons. The molecule has 0 bridgehead atoms. The molecule has 1 unspecified atom stereocenters. The predicted octanol–water partition coefficient (Wildman–Crippen LogP) is 6.87. The molecule has 0 saturated heterocycles. The average molecular weight is 518 g/mol. The van der Waals surface area contributed by atoms with Crippen LogP contribution in [0.4, 0.5) is 10.5 Å². The molecular weight excluding hydrogens is 495 g/mol. The van der Waals surface area contributed by atoms with E-state index < -0.39 is 24.4 Å². The molecule has 4 aromatic carbocycles. The Morgan fingerprint density at radius 3 is 1.76 bits per heavy atom. The number of hydrogen-bond donors (Lipinski definition) is 1. The lowest BCUT2D eigenvalue weighted by atomic mass is 10.2. The third kappa shape index (κ3) is 6.96. The van der Waals surface area contributed by atoms with Crippen LogP contribution in [0.3, 0.4) is 0 Å². The second-order valence-corrected chi connectivity index (χ2v) is 9.77. The Balaban J connectivity index is 1.60. The summed E-state index contributed by atoms with van der Waals surface area (Å²) in [4.78, 5) is 23.2. The van der Waals surface area contributed by atoms with E-state index in [1.807, 2.05) is 0 Å². The van der Waals surface area contributed by atoms with Gasteiger partial charge in [0, 0.05) is 12.1 Å². The summed E-state index contributed by atoms with van der Waals surface area (Å²) >= 11 is 0. The number of nitrogens with one attached hydrogen (secondary N) is 1. The molecule has 0 aliphatic carbocycles. The number of alkyl carbamates (subject to hydrolysis) is 1. The molecule has 4 aromatic rings. The van der Waals surface area contributed by atoms with Crippen molar-refractivity contribution in [1.29, 1.82) is 0 Å². The van der Waals surface area contributed by atoms with Crippen LogP contribution in [-0.2, 0) is 15.9 Å². The summed E-state index contributed by atoms with van der Waals surface area (Å²) in [5, 5.41) is 13.5. The third-order valence-corrected chi connectivity index (χ3v) is 7.15. The summed E-state index contributed by atoms with van der Waals surface area (Å²) in [6.45, 7) is -0.158. The molecule has 0 aliphatic rings. The van der Waals surface area contributed by atoms with Crippen molar-refractivity contribution in [3.8, 4) is 11.5 Å². The van der Waals surface area contributed by atoms with Gasteiger partial charge in [-0.1, -0.05) is 66.7 Å². The maximum absolute atomic E-state index is 14.4. The van der Waals surface area contributed by atoms with Crippen LogP contribution in [0.1, 0.15) is 16.9 Å². The highest BCUT2D eigenvalue weighted by atomic mass is 31.2. The van der Waals surface area contributed by atoms with Crippen LogP contribution in [0.5, 0.6) is 11.5 Å². The first-order valence-corrected chi connectivity index (χ1v) is 12.8. The molecule has 0 aliphatic heterocycles. The molecule has 0 spiro atoms. The second-order valence-electron chi connectivity index (χ2n) is 7.81. The van der Waals surface area contributed by atoms with Crippen molar-refractivity contribution in [1.82, 2.24) is 5.32 Å². The summed E-state index contributed by atoms with van der Waals surface area (Å²) in [6.07, 6.45) is -0.874. The van der Waals surface area contributed by atoms with E-state index in [4.69, 9.17) is 13.8 Å². The van der Waals surface area contributed by atoms with Crippen LogP contribution in [0, 0.1) is 10.1 Å². The van der Waals surface area contributed by atoms with Crippen LogP contribution in [-0.4, -0.2) is 11.0 Å². The maximum atomic E-state index is 14.4. The molecule has 10 heteroatoms. The minimum atomic E-state index is -4.15. The van der Waals surface area contributed by atoms with Gasteiger partial charge in [-0.05, 0) is 47.5 Å². The summed E-state index contributed by atoms with van der Waals surface area (Å²) in [5.74, 6) is -0.633. The fourth-order valence-electron chi connectivity index (χ4n) is 3.38. The number of nitro groups is 1. The molecule has 1 atom stereocenters. The van der Waals surface area contributed by atoms with Gasteiger partial charge in [0.25, 0.3) is 5.69 Å². The number of benzene rings is 4. The first kappa shape index (κ1) is 25.5. The number of nitro benzene ring substituents is 1. The van der Waals surface area contributed by atoms with Gasteiger partial charge in [-0.25, -0.2) is 9.36 Å². The molecular formula is C27H23N2O7P. The summed E-state index contributed by atoms with van der Waals surface area (Å²) < 4.78 is 31.6. The molecule has 0 saturated carbocycles. The molecule has 9 nitrogen and oxygen atoms in total. The molecule has 0 heterocycles. The highest BCUT2D eigenvalue weighted by Crippen LogP contribution is 2.58. The topological polar surface area (TPSA) is 117 Å². The van der Waals surface area contributed by atoms with Gasteiger partial charge in [-0.2, -0.15) is 0 Å². The molecule has 0 fully saturated rings. The molecule has 1 amide bonds. The lowest BCUT2D eigenvalue weighted by Crippen LogP contribution is -2.31. The molecule has 37 heavy (non-hydrogen) atoms. The monoisotopic (exact) mass is 518 g/mol. The number of nitrogens with zero attached hydrogens (tertiary/aromatic N) is 1. The highest BCUT2D eigenvalue weighted by molar-refractivity contribution is 7.55. The number of amides is 1. The van der Waals surface area contributed by atoms with Crippen molar-refractivity contribution in [2.45, 2.75) is 12.4 Å². The average Bonchev–Trinajstić information content (AvgIpc) is 2.92. The van der Waals surface area contributed by atoms with Crippen LogP contribution >= 0.6 is 7.60 Å². The van der Waals surface area contributed by atoms with Crippen LogP contribution in [0.2, 0.25) is 0 Å². The van der Waals surface area contributed by atoms with Crippen molar-refractivity contribution in [2.24, 2.45) is 0 Å². The van der Waals surface area contributed by atoms with Gasteiger partial charge in [-0.3, -0.25) is 10.1 Å². The van der Waals surface area contributed by atoms with Crippen LogP contribution in [0.15, 0.2) is 115 Å². The van der Waals surface area contributed by atoms with E-state index >= 15 is 0 Å². The summed E-state index contributed by atoms with van der Waals surface area (Å²) in [7, 11) is -4.15. The largest absolute Gasteiger partial charge is 0.457 e. The number of ether oxygens (including phenoxy) is 1. The first-order valence-electron chi connectivity index (χ1n) is 11.2. The van der Waals surface area contributed by atoms with Crippen molar-refractivity contribution < 1.29 is 28.1 Å². The lowest BCUT2D eigenvalue weighted by molar-refractivity contribution is -0.384. The Morgan fingerprint density at radius 2 is 1.27 bits per heavy atom. The predicted molar refractivity (Wildman–Crippen MR) is 137 cm³/mol. The fraction of sp³-hybridized carbons (Fsp3) is 0.0741. The minimum absolute atomic E-state index is 0.0746. The number of hydrogen-bond acceptors (Lipinski definition) is 7. The Bertz CT molecular complexity index is 1320. The van der Waals surface area contributed by atoms with E-state index in [2.05, 4.69) is 5.32 Å². The molecule has 0 aromatic heterocycles. The standard InChI is InChI=1S/C27H23N2O7P/c30-27(34-20-21-16-18-23(19-17-21)29(31)32)28-26(22-10-4-1-5-11-22)37(33,35-24-12-6-2-7-13-24)36-25-14-8-3-9-15-25/h1-19,26H,20H2,(H,28,30). The Labute approximate surface area is 213 Å². The van der Waals surface area contributed by atoms with Gasteiger partial charge < -0.3 is 19.1 Å². The zero-order valence-electron chi connectivity index (χ0n) is 19.5.